The van der Waals surface area contributed by atoms with Crippen LogP contribution in [0.3, 0.4) is 0 Å². The molecule has 0 saturated heterocycles. The predicted octanol–water partition coefficient (Wildman–Crippen LogP) is 3.65. The number of alkyl halides is 3. The van der Waals surface area contributed by atoms with E-state index in [2.05, 4.69) is 15.5 Å². The van der Waals surface area contributed by atoms with Gasteiger partial charge >= 0.3 is 6.03 Å². The maximum Gasteiger partial charge on any atom is 0.340 e. The third kappa shape index (κ3) is 11.8. The van der Waals surface area contributed by atoms with Crippen LogP contribution in [-0.2, 0) is 0 Å². The SMILES string of the molecule is CN(CCCl)CCCl.O=NN(CCCl)C(=O)NC1CCCCC1. The highest BCUT2D eigenvalue weighted by Crippen LogP contribution is 2.17. The van der Waals surface area contributed by atoms with E-state index in [9.17, 15) is 9.70 Å². The van der Waals surface area contributed by atoms with Crippen LogP contribution >= 0.6 is 34.8 Å². The van der Waals surface area contributed by atoms with E-state index in [1.165, 1.54) is 6.42 Å². The van der Waals surface area contributed by atoms with Crippen molar-refractivity contribution in [3.05, 3.63) is 4.91 Å². The Morgan fingerprint density at radius 1 is 1.04 bits per heavy atom. The molecule has 0 atom stereocenters. The molecular formula is C14H27Cl3N4O2. The minimum absolute atomic E-state index is 0.156. The molecule has 23 heavy (non-hydrogen) atoms. The number of nitroso groups, excluding NO2 is 1. The lowest BCUT2D eigenvalue weighted by Gasteiger charge is -2.24. The van der Waals surface area contributed by atoms with Crippen LogP contribution in [0.15, 0.2) is 5.29 Å². The van der Waals surface area contributed by atoms with Crippen molar-refractivity contribution < 1.29 is 4.79 Å². The van der Waals surface area contributed by atoms with Gasteiger partial charge in [-0.25, -0.2) is 4.79 Å². The summed E-state index contributed by atoms with van der Waals surface area (Å²) in [5.74, 6) is 1.59. The summed E-state index contributed by atoms with van der Waals surface area (Å²) in [6, 6.07) is -0.247. The first kappa shape index (κ1) is 22.7. The van der Waals surface area contributed by atoms with E-state index < -0.39 is 6.03 Å². The maximum atomic E-state index is 11.5. The molecular weight excluding hydrogens is 363 g/mol. The molecule has 0 unspecified atom stereocenters. The van der Waals surface area contributed by atoms with Crippen LogP contribution in [0.25, 0.3) is 0 Å². The standard InChI is InChI=1S/C9H16ClN3O2.C5H11Cl2N/c10-6-7-13(12-15)9(14)11-8-4-2-1-3-5-8;1-8(4-2-6)5-3-7/h8H,1-7H2,(H,11,14);2-5H2,1H3. The van der Waals surface area contributed by atoms with Crippen molar-refractivity contribution in [3.8, 4) is 0 Å². The van der Waals surface area contributed by atoms with E-state index in [-0.39, 0.29) is 18.5 Å². The van der Waals surface area contributed by atoms with Crippen LogP contribution < -0.4 is 5.32 Å². The Labute approximate surface area is 153 Å². The molecule has 0 bridgehead atoms. The van der Waals surface area contributed by atoms with Crippen LogP contribution in [0.2, 0.25) is 0 Å². The monoisotopic (exact) mass is 388 g/mol. The number of carbonyl (C=O) groups is 1. The van der Waals surface area contributed by atoms with Gasteiger partial charge in [0.05, 0.1) is 11.8 Å². The van der Waals surface area contributed by atoms with Gasteiger partial charge in [0.2, 0.25) is 0 Å². The van der Waals surface area contributed by atoms with Crippen molar-refractivity contribution in [2.75, 3.05) is 44.3 Å². The van der Waals surface area contributed by atoms with Crippen LogP contribution in [0.4, 0.5) is 4.79 Å². The van der Waals surface area contributed by atoms with Crippen LogP contribution in [0.1, 0.15) is 32.1 Å². The number of nitrogens with one attached hydrogen (secondary N) is 1. The lowest BCUT2D eigenvalue weighted by atomic mass is 9.96. The average molecular weight is 390 g/mol. The molecule has 0 aliphatic heterocycles. The summed E-state index contributed by atoms with van der Waals surface area (Å²) in [5, 5.41) is 6.25. The van der Waals surface area contributed by atoms with Gasteiger partial charge in [-0.2, -0.15) is 5.01 Å². The number of hydrogen-bond donors (Lipinski definition) is 1. The summed E-state index contributed by atoms with van der Waals surface area (Å²) < 4.78 is 0. The number of halogens is 3. The van der Waals surface area contributed by atoms with E-state index in [0.29, 0.717) is 11.8 Å². The second kappa shape index (κ2) is 15.2. The van der Waals surface area contributed by atoms with Crippen molar-refractivity contribution in [1.29, 1.82) is 0 Å². The van der Waals surface area contributed by atoms with Crippen LogP contribution in [0, 0.1) is 4.91 Å². The van der Waals surface area contributed by atoms with Crippen molar-refractivity contribution in [2.45, 2.75) is 38.1 Å². The fourth-order valence-corrected chi connectivity index (χ4v) is 2.89. The molecule has 1 aliphatic rings. The molecule has 9 heteroatoms. The van der Waals surface area contributed by atoms with E-state index in [1.54, 1.807) is 0 Å². The summed E-state index contributed by atoms with van der Waals surface area (Å²) in [4.78, 5) is 23.9. The average Bonchev–Trinajstić information content (AvgIpc) is 2.54. The first-order valence-electron chi connectivity index (χ1n) is 7.86. The molecule has 1 N–H and O–H groups in total. The zero-order valence-corrected chi connectivity index (χ0v) is 15.9. The third-order valence-electron chi connectivity index (χ3n) is 3.49. The highest BCUT2D eigenvalue weighted by molar-refractivity contribution is 6.18. The number of amides is 2. The topological polar surface area (TPSA) is 65.0 Å². The Morgan fingerprint density at radius 3 is 2.00 bits per heavy atom. The van der Waals surface area contributed by atoms with E-state index in [4.69, 9.17) is 34.8 Å². The molecule has 1 rings (SSSR count). The van der Waals surface area contributed by atoms with Crippen molar-refractivity contribution in [2.24, 2.45) is 5.29 Å². The Kier molecular flexibility index (Phi) is 15.0. The molecule has 1 saturated carbocycles. The van der Waals surface area contributed by atoms with Crippen molar-refractivity contribution in [3.63, 3.8) is 0 Å². The fourth-order valence-electron chi connectivity index (χ4n) is 2.16. The first-order valence-corrected chi connectivity index (χ1v) is 9.47. The van der Waals surface area contributed by atoms with Gasteiger partial charge in [-0.3, -0.25) is 0 Å². The molecule has 0 heterocycles. The van der Waals surface area contributed by atoms with Crippen molar-refractivity contribution >= 4 is 40.8 Å². The Bertz CT molecular complexity index is 312. The predicted molar refractivity (Wildman–Crippen MR) is 97.6 cm³/mol. The van der Waals surface area contributed by atoms with Crippen molar-refractivity contribution in [1.82, 2.24) is 15.2 Å². The van der Waals surface area contributed by atoms with Gasteiger partial charge in [0.15, 0.2) is 0 Å². The van der Waals surface area contributed by atoms with Crippen LogP contribution in [-0.4, -0.2) is 66.3 Å². The molecule has 2 amide bonds. The Balaban J connectivity index is 0.000000515. The van der Waals surface area contributed by atoms with Gasteiger partial charge in [-0.05, 0) is 19.9 Å². The summed E-state index contributed by atoms with van der Waals surface area (Å²) in [7, 11) is 2.00. The largest absolute Gasteiger partial charge is 0.340 e. The Morgan fingerprint density at radius 2 is 1.57 bits per heavy atom. The normalized spacial score (nSPS) is 14.8. The first-order chi connectivity index (χ1) is 11.1. The molecule has 1 aliphatic carbocycles. The maximum absolute atomic E-state index is 11.5. The number of rotatable bonds is 8. The molecule has 6 nitrogen and oxygen atoms in total. The van der Waals surface area contributed by atoms with Gasteiger partial charge in [0.1, 0.15) is 0 Å². The summed E-state index contributed by atoms with van der Waals surface area (Å²) in [6.07, 6.45) is 5.46. The summed E-state index contributed by atoms with van der Waals surface area (Å²) in [5.41, 5.74) is 0. The highest BCUT2D eigenvalue weighted by atomic mass is 35.5. The molecule has 0 aromatic rings. The zero-order valence-electron chi connectivity index (χ0n) is 13.6. The number of carbonyl (C=O) groups excluding carboxylic acids is 1. The quantitative estimate of drug-likeness (QED) is 0.391. The lowest BCUT2D eigenvalue weighted by molar-refractivity contribution is 0.194. The number of urea groups is 1. The second-order valence-corrected chi connectivity index (χ2v) is 6.49. The minimum Gasteiger partial charge on any atom is -0.334 e. The summed E-state index contributed by atoms with van der Waals surface area (Å²) >= 11 is 16.3. The number of hydrogen-bond acceptors (Lipinski definition) is 4. The third-order valence-corrected chi connectivity index (χ3v) is 4.00. The Hall–Kier alpha value is -0.300. The van der Waals surface area contributed by atoms with Gasteiger partial charge in [-0.15, -0.1) is 39.7 Å². The fraction of sp³-hybridized carbons (Fsp3) is 0.929. The van der Waals surface area contributed by atoms with E-state index in [0.717, 1.165) is 43.8 Å². The lowest BCUT2D eigenvalue weighted by Crippen LogP contribution is -2.43. The van der Waals surface area contributed by atoms with E-state index >= 15 is 0 Å². The van der Waals surface area contributed by atoms with Gasteiger partial charge in [0, 0.05) is 36.8 Å². The molecule has 0 radical (unpaired) electrons. The van der Waals surface area contributed by atoms with Gasteiger partial charge in [0.25, 0.3) is 0 Å². The second-order valence-electron chi connectivity index (χ2n) is 5.36. The van der Waals surface area contributed by atoms with Gasteiger partial charge < -0.3 is 10.2 Å². The molecule has 0 aromatic carbocycles. The molecule has 136 valence electrons. The summed E-state index contributed by atoms with van der Waals surface area (Å²) in [6.45, 7) is 2.01. The molecule has 1 fully saturated rings. The van der Waals surface area contributed by atoms with Gasteiger partial charge in [-0.1, -0.05) is 19.3 Å². The highest BCUT2D eigenvalue weighted by Gasteiger charge is 2.19. The number of nitrogens with zero attached hydrogens (tertiary/aromatic N) is 3. The zero-order chi connectivity index (χ0) is 17.5. The molecule has 0 aromatic heterocycles. The van der Waals surface area contributed by atoms with E-state index in [1.807, 2.05) is 7.05 Å². The van der Waals surface area contributed by atoms with Crippen LogP contribution in [0.5, 0.6) is 0 Å². The minimum atomic E-state index is -0.433. The smallest absolute Gasteiger partial charge is 0.334 e. The molecule has 0 spiro atoms.